The summed E-state index contributed by atoms with van der Waals surface area (Å²) in [4.78, 5) is 31.2. The van der Waals surface area contributed by atoms with Gasteiger partial charge in [0.2, 0.25) is 11.8 Å². The fourth-order valence-electron chi connectivity index (χ4n) is 9.66. The van der Waals surface area contributed by atoms with Gasteiger partial charge in [-0.15, -0.1) is 0 Å². The van der Waals surface area contributed by atoms with Crippen LogP contribution in [0.2, 0.25) is 0 Å². The van der Waals surface area contributed by atoms with Crippen molar-refractivity contribution in [3.8, 4) is 23.0 Å². The molecule has 10 nitrogen and oxygen atoms in total. The molecule has 2 heterocycles. The van der Waals surface area contributed by atoms with Crippen LogP contribution in [0.5, 0.6) is 23.0 Å². The number of piperidine rings is 2. The minimum atomic E-state index is 0.0435. The minimum Gasteiger partial charge on any atom is -0.496 e. The number of benzene rings is 4. The number of ether oxygens (including phenoxy) is 4. The molecule has 2 aliphatic heterocycles. The smallest absolute Gasteiger partial charge is 0.230 e. The molecule has 2 amide bonds. The van der Waals surface area contributed by atoms with E-state index < -0.39 is 0 Å². The van der Waals surface area contributed by atoms with Crippen molar-refractivity contribution in [3.05, 3.63) is 105 Å². The second-order valence-corrected chi connectivity index (χ2v) is 17.2. The maximum atomic E-state index is 13.7. The first kappa shape index (κ1) is 44.0. The van der Waals surface area contributed by atoms with Crippen LogP contribution in [0, 0.1) is 25.7 Å². The van der Waals surface area contributed by atoms with Crippen molar-refractivity contribution in [1.29, 1.82) is 0 Å². The lowest BCUT2D eigenvalue weighted by atomic mass is 9.93. The van der Waals surface area contributed by atoms with Gasteiger partial charge in [-0.25, -0.2) is 0 Å². The number of carbonyl (C=O) groups is 2. The van der Waals surface area contributed by atoms with Gasteiger partial charge in [0.1, 0.15) is 23.0 Å². The molecule has 0 saturated carbocycles. The van der Waals surface area contributed by atoms with E-state index in [1.165, 1.54) is 35.1 Å². The highest BCUT2D eigenvalue weighted by Crippen LogP contribution is 2.37. The summed E-state index contributed by atoms with van der Waals surface area (Å²) in [7, 11) is 6.70. The number of nitrogens with zero attached hydrogens (tertiary/aromatic N) is 2. The van der Waals surface area contributed by atoms with Crippen LogP contribution in [0.15, 0.2) is 60.7 Å². The molecular formula is C51H66N4O6. The van der Waals surface area contributed by atoms with E-state index in [1.807, 2.05) is 47.9 Å². The molecule has 4 aliphatic rings. The molecule has 4 aromatic carbocycles. The summed E-state index contributed by atoms with van der Waals surface area (Å²) >= 11 is 0. The summed E-state index contributed by atoms with van der Waals surface area (Å²) in [5.74, 6) is 3.89. The molecule has 0 radical (unpaired) electrons. The molecule has 10 heteroatoms. The van der Waals surface area contributed by atoms with E-state index in [0.717, 1.165) is 134 Å². The predicted octanol–water partition coefficient (Wildman–Crippen LogP) is 8.46. The van der Waals surface area contributed by atoms with Gasteiger partial charge in [0.15, 0.2) is 0 Å². The third kappa shape index (κ3) is 10.5. The lowest BCUT2D eigenvalue weighted by Crippen LogP contribution is -2.41. The summed E-state index contributed by atoms with van der Waals surface area (Å²) in [6, 6.07) is 21.1. The third-order valence-electron chi connectivity index (χ3n) is 13.1. The Labute approximate surface area is 363 Å². The van der Waals surface area contributed by atoms with E-state index in [0.29, 0.717) is 25.4 Å². The number of amides is 2. The Morgan fingerprint density at radius 1 is 0.557 bits per heavy atom. The Hall–Kier alpha value is -5.06. The normalized spacial score (nSPS) is 16.2. The second-order valence-electron chi connectivity index (χ2n) is 17.2. The molecule has 2 aliphatic carbocycles. The van der Waals surface area contributed by atoms with Crippen molar-refractivity contribution in [2.24, 2.45) is 11.8 Å². The average molecular weight is 831 g/mol. The van der Waals surface area contributed by atoms with Crippen LogP contribution in [-0.2, 0) is 48.4 Å². The van der Waals surface area contributed by atoms with Gasteiger partial charge >= 0.3 is 0 Å². The zero-order valence-electron chi connectivity index (χ0n) is 37.3. The van der Waals surface area contributed by atoms with E-state index >= 15 is 0 Å². The Morgan fingerprint density at radius 3 is 1.43 bits per heavy atom. The van der Waals surface area contributed by atoms with Crippen molar-refractivity contribution >= 4 is 23.2 Å². The quantitative estimate of drug-likeness (QED) is 0.139. The van der Waals surface area contributed by atoms with Crippen LogP contribution in [0.3, 0.4) is 0 Å². The molecule has 0 bridgehead atoms. The molecule has 0 spiro atoms. The molecule has 326 valence electrons. The van der Waals surface area contributed by atoms with Crippen LogP contribution in [0.4, 0.5) is 11.4 Å². The number of rotatable bonds is 13. The third-order valence-corrected chi connectivity index (χ3v) is 13.1. The van der Waals surface area contributed by atoms with Crippen LogP contribution < -0.4 is 39.4 Å². The Kier molecular flexibility index (Phi) is 14.9. The lowest BCUT2D eigenvalue weighted by Gasteiger charge is -2.31. The SMILES string of the molecule is COc1cc(C)cc(OC)c1CN(C(=O)C1CCNCC1)c1ccc2c(c1)CCC2.COc1cc(C)cc(OC)c1CN(C(=O)CC1CCNCC1)c1ccc2c(c1)CCC2. The summed E-state index contributed by atoms with van der Waals surface area (Å²) in [6.45, 7) is 8.70. The predicted molar refractivity (Wildman–Crippen MR) is 244 cm³/mol. The average Bonchev–Trinajstić information content (AvgIpc) is 3.97. The van der Waals surface area contributed by atoms with Gasteiger partial charge in [0.05, 0.1) is 52.7 Å². The molecule has 4 aromatic rings. The zero-order valence-corrected chi connectivity index (χ0v) is 37.3. The summed E-state index contributed by atoms with van der Waals surface area (Å²) < 4.78 is 22.7. The first-order valence-electron chi connectivity index (χ1n) is 22.4. The topological polar surface area (TPSA) is 102 Å². The Balaban J connectivity index is 0.000000184. The van der Waals surface area contributed by atoms with Crippen LogP contribution >= 0.6 is 0 Å². The maximum absolute atomic E-state index is 13.7. The molecule has 61 heavy (non-hydrogen) atoms. The molecule has 2 N–H and O–H groups in total. The molecule has 8 rings (SSSR count). The van der Waals surface area contributed by atoms with E-state index in [1.54, 1.807) is 28.4 Å². The maximum Gasteiger partial charge on any atom is 0.230 e. The summed E-state index contributed by atoms with van der Waals surface area (Å²) in [6.07, 6.45) is 11.3. The molecule has 0 unspecified atom stereocenters. The molecule has 2 saturated heterocycles. The van der Waals surface area contributed by atoms with Crippen molar-refractivity contribution in [2.45, 2.75) is 97.6 Å². The second kappa shape index (κ2) is 20.7. The van der Waals surface area contributed by atoms with Crippen LogP contribution in [0.1, 0.15) is 89.5 Å². The van der Waals surface area contributed by atoms with E-state index in [-0.39, 0.29) is 17.7 Å². The van der Waals surface area contributed by atoms with Gasteiger partial charge in [-0.3, -0.25) is 9.59 Å². The molecule has 0 atom stereocenters. The highest BCUT2D eigenvalue weighted by Gasteiger charge is 2.30. The Morgan fingerprint density at radius 2 is 0.967 bits per heavy atom. The number of fused-ring (bicyclic) bond motifs is 2. The minimum absolute atomic E-state index is 0.0435. The van der Waals surface area contributed by atoms with Gasteiger partial charge in [-0.2, -0.15) is 0 Å². The number of aryl methyl sites for hydroxylation is 6. The van der Waals surface area contributed by atoms with Gasteiger partial charge in [-0.1, -0.05) is 12.1 Å². The summed E-state index contributed by atoms with van der Waals surface area (Å²) in [5, 5.41) is 6.76. The van der Waals surface area contributed by atoms with Gasteiger partial charge < -0.3 is 39.4 Å². The fourth-order valence-corrected chi connectivity index (χ4v) is 9.66. The van der Waals surface area contributed by atoms with E-state index in [2.05, 4.69) is 47.0 Å². The fraction of sp³-hybridized carbons (Fsp3) is 0.490. The zero-order chi connectivity index (χ0) is 42.9. The number of hydrogen-bond acceptors (Lipinski definition) is 8. The number of hydrogen-bond donors (Lipinski definition) is 2. The number of nitrogens with one attached hydrogen (secondary N) is 2. The van der Waals surface area contributed by atoms with Crippen molar-refractivity contribution in [3.63, 3.8) is 0 Å². The standard InChI is InChI=1S/C26H34N2O3.C25H32N2O3/c1-18-13-24(30-2)23(25(14-18)31-3)17-28(26(29)15-19-9-11-27-12-10-19)22-8-7-20-5-4-6-21(20)16-22;1-17-13-23(29-2)22(24(14-17)30-3)16-27(25(28)19-9-11-26-12-10-19)21-8-7-18-5-4-6-20(18)15-21/h7-8,13-14,16,19,27H,4-6,9-12,15,17H2,1-3H3;7-8,13-15,19,26H,4-6,9-12,16H2,1-3H3. The van der Waals surface area contributed by atoms with Crippen LogP contribution in [0.25, 0.3) is 0 Å². The van der Waals surface area contributed by atoms with Gasteiger partial charge in [-0.05, 0) is 192 Å². The van der Waals surface area contributed by atoms with Crippen LogP contribution in [-0.4, -0.2) is 66.4 Å². The highest BCUT2D eigenvalue weighted by molar-refractivity contribution is 5.95. The van der Waals surface area contributed by atoms with Crippen molar-refractivity contribution < 1.29 is 28.5 Å². The van der Waals surface area contributed by atoms with Gasteiger partial charge in [0.25, 0.3) is 0 Å². The van der Waals surface area contributed by atoms with Crippen molar-refractivity contribution in [1.82, 2.24) is 10.6 Å². The largest absolute Gasteiger partial charge is 0.496 e. The first-order chi connectivity index (χ1) is 29.7. The molecule has 2 fully saturated rings. The van der Waals surface area contributed by atoms with Crippen molar-refractivity contribution in [2.75, 3.05) is 64.4 Å². The van der Waals surface area contributed by atoms with Gasteiger partial charge in [0, 0.05) is 23.7 Å². The number of methoxy groups -OCH3 is 4. The Bertz CT molecular complexity index is 2110. The highest BCUT2D eigenvalue weighted by atomic mass is 16.5. The molecule has 0 aromatic heterocycles. The van der Waals surface area contributed by atoms with E-state index in [9.17, 15) is 9.59 Å². The number of anilines is 2. The molecular weight excluding hydrogens is 765 g/mol. The lowest BCUT2D eigenvalue weighted by molar-refractivity contribution is -0.123. The first-order valence-corrected chi connectivity index (χ1v) is 22.4. The summed E-state index contributed by atoms with van der Waals surface area (Å²) in [5.41, 5.74) is 11.5. The van der Waals surface area contributed by atoms with E-state index in [4.69, 9.17) is 18.9 Å². The number of carbonyl (C=O) groups excluding carboxylic acids is 2. The monoisotopic (exact) mass is 830 g/mol.